The smallest absolute Gasteiger partial charge is 0.209 e. The highest BCUT2D eigenvalue weighted by molar-refractivity contribution is 7.93. The molecule has 0 heterocycles. The molecule has 8 heteroatoms. The van der Waals surface area contributed by atoms with E-state index < -0.39 is 18.1 Å². The van der Waals surface area contributed by atoms with Gasteiger partial charge in [0.2, 0.25) is 15.0 Å². The minimum Gasteiger partial charge on any atom is -0.209 e. The third kappa shape index (κ3) is 5.48. The quantitative estimate of drug-likeness (QED) is 0.476. The molecule has 1 unspecified atom stereocenters. The highest BCUT2D eigenvalue weighted by Crippen LogP contribution is 2.14. The van der Waals surface area contributed by atoms with Gasteiger partial charge in [0.1, 0.15) is 0 Å². The largest absolute Gasteiger partial charge is 0.641 e. The summed E-state index contributed by atoms with van der Waals surface area (Å²) in [6.07, 6.45) is 0.783. The van der Waals surface area contributed by atoms with Gasteiger partial charge in [-0.15, -0.1) is 0 Å². The van der Waals surface area contributed by atoms with Gasteiger partial charge in [-0.05, 0) is 4.57 Å². The van der Waals surface area contributed by atoms with Gasteiger partial charge in [-0.1, -0.05) is 4.91 Å². The third-order valence-electron chi connectivity index (χ3n) is 0.318. The number of hydrogen-bond donors (Lipinski definition) is 1. The Morgan fingerprint density at radius 3 is 2.11 bits per heavy atom. The van der Waals surface area contributed by atoms with Crippen molar-refractivity contribution in [3.05, 3.63) is 4.91 Å². The molecule has 0 bridgehead atoms. The highest BCUT2D eigenvalue weighted by Gasteiger charge is 2.22. The van der Waals surface area contributed by atoms with Gasteiger partial charge in [0, 0.05) is 4.49 Å². The van der Waals surface area contributed by atoms with Crippen LogP contribution in [0.3, 0.4) is 0 Å². The lowest BCUT2D eigenvalue weighted by atomic mass is 12.0. The van der Waals surface area contributed by atoms with Crippen molar-refractivity contribution in [2.75, 3.05) is 6.26 Å². The predicted molar refractivity (Wildman–Crippen MR) is 31.4 cm³/mol. The van der Waals surface area contributed by atoms with Crippen molar-refractivity contribution in [2.45, 2.75) is 0 Å². The van der Waals surface area contributed by atoms with Crippen LogP contribution in [0.2, 0.25) is 0 Å². The van der Waals surface area contributed by atoms with Crippen LogP contribution in [0.15, 0.2) is 4.95 Å². The zero-order valence-corrected chi connectivity index (χ0v) is 6.15. The van der Waals surface area contributed by atoms with Crippen molar-refractivity contribution in [2.24, 2.45) is 4.95 Å². The van der Waals surface area contributed by atoms with Gasteiger partial charge >= 0.3 is 8.10 Å². The Morgan fingerprint density at radius 2 is 2.00 bits per heavy atom. The van der Waals surface area contributed by atoms with Gasteiger partial charge in [0.15, 0.2) is 0 Å². The van der Waals surface area contributed by atoms with Crippen LogP contribution in [0.25, 0.3) is 0 Å². The van der Waals surface area contributed by atoms with E-state index in [4.69, 9.17) is 0 Å². The van der Waals surface area contributed by atoms with Crippen LogP contribution in [0.5, 0.6) is 0 Å². The van der Waals surface area contributed by atoms with Crippen LogP contribution in [-0.4, -0.2) is 14.7 Å². The fourth-order valence-corrected chi connectivity index (χ4v) is 1.43. The Labute approximate surface area is 52.6 Å². The topological polar surface area (TPSA) is 92.7 Å². The predicted octanol–water partition coefficient (Wildman–Crippen LogP) is -0.0406. The zero-order valence-electron chi connectivity index (χ0n) is 4.44. The molecule has 0 saturated heterocycles. The molecule has 0 aliphatic heterocycles. The minimum atomic E-state index is -3.56. The van der Waals surface area contributed by atoms with E-state index in [0.717, 1.165) is 6.26 Å². The molecule has 1 atom stereocenters. The van der Waals surface area contributed by atoms with Gasteiger partial charge in [-0.3, -0.25) is 0 Å². The monoisotopic (exact) mass is 171 g/mol. The molecular weight excluding hydrogens is 167 g/mol. The number of nitrogens with one attached hydrogen (secondary N) is 1. The molecule has 0 aliphatic carbocycles. The van der Waals surface area contributed by atoms with Gasteiger partial charge in [0.25, 0.3) is 0 Å². The first-order valence-electron chi connectivity index (χ1n) is 1.73. The second-order valence-corrected chi connectivity index (χ2v) is 4.20. The highest BCUT2D eigenvalue weighted by atomic mass is 32.2. The average molecular weight is 171 g/mol. The molecule has 52 valence electrons. The summed E-state index contributed by atoms with van der Waals surface area (Å²) in [5.74, 6) is 0. The van der Waals surface area contributed by atoms with Crippen molar-refractivity contribution < 1.29 is 13.0 Å². The second-order valence-electron chi connectivity index (χ2n) is 1.22. The van der Waals surface area contributed by atoms with Gasteiger partial charge in [-0.2, -0.15) is 0 Å². The van der Waals surface area contributed by atoms with Gasteiger partial charge in [-0.25, -0.2) is 8.42 Å². The number of sulfonamides is 1. The van der Waals surface area contributed by atoms with E-state index in [1.807, 2.05) is 4.95 Å². The minimum absolute atomic E-state index is 0.783. The maximum Gasteiger partial charge on any atom is 0.641 e. The first kappa shape index (κ1) is 8.61. The van der Waals surface area contributed by atoms with Crippen LogP contribution < -0.4 is 4.49 Å². The van der Waals surface area contributed by atoms with Crippen molar-refractivity contribution in [1.82, 2.24) is 4.49 Å². The molecule has 0 saturated carbocycles. The molecule has 6 nitrogen and oxygen atoms in total. The lowest BCUT2D eigenvalue weighted by Gasteiger charge is -1.78. The Bertz CT molecular complexity index is 219. The van der Waals surface area contributed by atoms with Crippen LogP contribution in [0, 0.1) is 4.91 Å². The summed E-state index contributed by atoms with van der Waals surface area (Å²) in [6.45, 7) is 0. The molecular formula is CH4N2O4PS+. The Kier molecular flexibility index (Phi) is 2.83. The first-order chi connectivity index (χ1) is 3.95. The molecule has 0 rings (SSSR count). The number of rotatable bonds is 3. The van der Waals surface area contributed by atoms with E-state index in [1.54, 1.807) is 0 Å². The van der Waals surface area contributed by atoms with Crippen molar-refractivity contribution in [3.63, 3.8) is 0 Å². The van der Waals surface area contributed by atoms with Crippen LogP contribution in [0.1, 0.15) is 0 Å². The zero-order chi connectivity index (χ0) is 7.49. The normalized spacial score (nSPS) is 12.8. The van der Waals surface area contributed by atoms with Gasteiger partial charge < -0.3 is 0 Å². The molecule has 9 heavy (non-hydrogen) atoms. The second kappa shape index (κ2) is 2.95. The van der Waals surface area contributed by atoms with E-state index in [1.165, 1.54) is 4.49 Å². The standard InChI is InChI=1S/CH4N2O4PS/c1-9(6,7)3-8(5)2-4/h1H3,(H,3,5)/q+1. The molecule has 0 fully saturated rings. The molecule has 0 radical (unpaired) electrons. The first-order valence-corrected chi connectivity index (χ1v) is 4.84. The molecule has 1 N–H and O–H groups in total. The van der Waals surface area contributed by atoms with Crippen molar-refractivity contribution in [3.8, 4) is 0 Å². The van der Waals surface area contributed by atoms with Crippen LogP contribution >= 0.6 is 8.10 Å². The van der Waals surface area contributed by atoms with E-state index >= 15 is 0 Å². The molecule has 0 amide bonds. The summed E-state index contributed by atoms with van der Waals surface area (Å²) in [6, 6.07) is 0. The van der Waals surface area contributed by atoms with Crippen molar-refractivity contribution in [1.29, 1.82) is 0 Å². The molecule has 0 aliphatic rings. The van der Waals surface area contributed by atoms with Gasteiger partial charge in [0.05, 0.1) is 6.26 Å². The number of nitrogens with zero attached hydrogens (tertiary/aromatic N) is 1. The summed E-state index contributed by atoms with van der Waals surface area (Å²) in [4.78, 5) is 11.3. The van der Waals surface area contributed by atoms with E-state index in [0.29, 0.717) is 0 Å². The lowest BCUT2D eigenvalue weighted by molar-refractivity contribution is 0.579. The Balaban J connectivity index is 4.06. The van der Waals surface area contributed by atoms with E-state index in [-0.39, 0.29) is 0 Å². The lowest BCUT2D eigenvalue weighted by Crippen LogP contribution is -2.12. The van der Waals surface area contributed by atoms with E-state index in [2.05, 4.69) is 0 Å². The number of nitroso groups, excluding NO2 is 1. The number of hydrogen-bond acceptors (Lipinski definition) is 4. The molecule has 0 aromatic carbocycles. The Hall–Kier alpha value is -0.390. The fraction of sp³-hybridized carbons (Fsp3) is 1.00. The van der Waals surface area contributed by atoms with E-state index in [9.17, 15) is 17.9 Å². The summed E-state index contributed by atoms with van der Waals surface area (Å²) >= 11 is 0. The fourth-order valence-electron chi connectivity index (χ4n) is 0.159. The Morgan fingerprint density at radius 1 is 1.56 bits per heavy atom. The van der Waals surface area contributed by atoms with Crippen molar-refractivity contribution >= 4 is 18.1 Å². The maximum absolute atomic E-state index is 10.1. The molecule has 0 aromatic rings. The summed E-state index contributed by atoms with van der Waals surface area (Å²) < 4.78 is 31.7. The summed E-state index contributed by atoms with van der Waals surface area (Å²) in [5.41, 5.74) is 0. The molecule has 0 spiro atoms. The summed E-state index contributed by atoms with van der Waals surface area (Å²) in [5, 5.41) is 0. The summed E-state index contributed by atoms with van der Waals surface area (Å²) in [7, 11) is -6.25. The maximum atomic E-state index is 10.1. The third-order valence-corrected chi connectivity index (χ3v) is 2.42. The van der Waals surface area contributed by atoms with Crippen LogP contribution in [0.4, 0.5) is 0 Å². The average Bonchev–Trinajstić information content (AvgIpc) is 1.62. The SMILES string of the molecule is CS(=O)(=O)N[P+](=O)N=O. The molecule has 0 aromatic heterocycles. The van der Waals surface area contributed by atoms with Crippen LogP contribution in [-0.2, 0) is 14.6 Å².